The molecule has 2 rings (SSSR count). The topological polar surface area (TPSA) is 53.9 Å². The van der Waals surface area contributed by atoms with Crippen LogP contribution in [0.25, 0.3) is 0 Å². The number of alkyl halides is 2. The molecule has 0 saturated carbocycles. The maximum absolute atomic E-state index is 12.2. The number of aliphatic imine (C=N–C) groups is 1. The third-order valence-corrected chi connectivity index (χ3v) is 5.24. The first kappa shape index (κ1) is 25.3. The Morgan fingerprint density at radius 3 is 2.38 bits per heavy atom. The Morgan fingerprint density at radius 2 is 1.79 bits per heavy atom. The summed E-state index contributed by atoms with van der Waals surface area (Å²) in [6.45, 7) is -1.75. The van der Waals surface area contributed by atoms with E-state index in [1.807, 2.05) is 42.3 Å². The number of rotatable bonds is 9. The second kappa shape index (κ2) is 13.5. The molecule has 1 atom stereocenters. The minimum atomic E-state index is -2.83. The summed E-state index contributed by atoms with van der Waals surface area (Å²) in [4.78, 5) is 6.14. The normalized spacial score (nSPS) is 12.2. The molecule has 0 aliphatic rings. The first-order valence-corrected chi connectivity index (χ1v) is 10.3. The first-order chi connectivity index (χ1) is 13.5. The molecule has 0 aromatic heterocycles. The molecule has 9 heteroatoms. The molecule has 0 radical (unpaired) electrons. The Labute approximate surface area is 190 Å². The summed E-state index contributed by atoms with van der Waals surface area (Å²) < 4.78 is 41.0. The second-order valence-electron chi connectivity index (χ2n) is 6.13. The Balaban J connectivity index is 0.00000420. The molecule has 0 fully saturated rings. The number of hydrogen-bond acceptors (Lipinski definition) is 3. The van der Waals surface area contributed by atoms with Gasteiger partial charge in [0.15, 0.2) is 5.96 Å². The van der Waals surface area contributed by atoms with Gasteiger partial charge in [-0.1, -0.05) is 42.5 Å². The molecular formula is C20H26F2IN3O2S. The lowest BCUT2D eigenvalue weighted by Crippen LogP contribution is -2.40. The van der Waals surface area contributed by atoms with E-state index >= 15 is 0 Å². The summed E-state index contributed by atoms with van der Waals surface area (Å²) in [6, 6.07) is 16.2. The highest BCUT2D eigenvalue weighted by atomic mass is 127. The summed E-state index contributed by atoms with van der Waals surface area (Å²) >= 11 is 0. The van der Waals surface area contributed by atoms with Crippen molar-refractivity contribution in [3.63, 3.8) is 0 Å². The Bertz CT molecular complexity index is 777. The average molecular weight is 537 g/mol. The van der Waals surface area contributed by atoms with Crippen LogP contribution >= 0.6 is 24.0 Å². The predicted molar refractivity (Wildman–Crippen MR) is 124 cm³/mol. The van der Waals surface area contributed by atoms with Crippen molar-refractivity contribution in [1.29, 1.82) is 0 Å². The summed E-state index contributed by atoms with van der Waals surface area (Å²) in [7, 11) is 2.60. The van der Waals surface area contributed by atoms with Crippen molar-refractivity contribution in [2.24, 2.45) is 4.99 Å². The van der Waals surface area contributed by atoms with Crippen molar-refractivity contribution in [2.45, 2.75) is 18.9 Å². The number of benzene rings is 2. The molecular weight excluding hydrogens is 511 g/mol. The fourth-order valence-corrected chi connectivity index (χ4v) is 3.66. The molecule has 0 aliphatic carbocycles. The monoisotopic (exact) mass is 537 g/mol. The quantitative estimate of drug-likeness (QED) is 0.300. The zero-order valence-corrected chi connectivity index (χ0v) is 19.5. The summed E-state index contributed by atoms with van der Waals surface area (Å²) in [6.07, 6.45) is 0. The van der Waals surface area contributed by atoms with Gasteiger partial charge in [0.2, 0.25) is 0 Å². The van der Waals surface area contributed by atoms with E-state index in [9.17, 15) is 13.0 Å². The minimum absolute atomic E-state index is 0. The minimum Gasteiger partial charge on any atom is -0.435 e. The van der Waals surface area contributed by atoms with Gasteiger partial charge in [0.1, 0.15) is 5.75 Å². The van der Waals surface area contributed by atoms with Crippen molar-refractivity contribution in [3.8, 4) is 5.75 Å². The molecule has 2 aromatic rings. The molecule has 5 nitrogen and oxygen atoms in total. The van der Waals surface area contributed by atoms with E-state index in [4.69, 9.17) is 0 Å². The van der Waals surface area contributed by atoms with Crippen LogP contribution in [0.1, 0.15) is 11.1 Å². The van der Waals surface area contributed by atoms with E-state index in [1.54, 1.807) is 19.2 Å². The number of guanidine groups is 1. The Hall–Kier alpha value is -1.75. The third kappa shape index (κ3) is 9.53. The highest BCUT2D eigenvalue weighted by molar-refractivity contribution is 14.0. The summed E-state index contributed by atoms with van der Waals surface area (Å²) in [5.74, 6) is 1.85. The zero-order chi connectivity index (χ0) is 20.4. The van der Waals surface area contributed by atoms with E-state index in [2.05, 4.69) is 15.0 Å². The molecule has 1 unspecified atom stereocenters. The zero-order valence-electron chi connectivity index (χ0n) is 16.4. The summed E-state index contributed by atoms with van der Waals surface area (Å²) in [5.41, 5.74) is 1.99. The maximum atomic E-state index is 12.2. The van der Waals surface area contributed by atoms with Crippen molar-refractivity contribution in [2.75, 3.05) is 26.4 Å². The standard InChI is InChI=1S/C20H25F2N3O2S.HI/c1-23-20(24-12-13-28(26)15-17-6-4-3-5-7-17)25(2)14-16-8-10-18(11-9-16)27-19(21)22;/h3-11,19H,12-15H2,1-2H3,(H,23,24);1H. The van der Waals surface area contributed by atoms with E-state index in [0.29, 0.717) is 30.6 Å². The molecule has 0 amide bonds. The van der Waals surface area contributed by atoms with Gasteiger partial charge in [0.25, 0.3) is 0 Å². The van der Waals surface area contributed by atoms with Crippen molar-refractivity contribution in [3.05, 3.63) is 65.7 Å². The van der Waals surface area contributed by atoms with E-state index in [-0.39, 0.29) is 29.7 Å². The predicted octanol–water partition coefficient (Wildman–Crippen LogP) is 3.86. The molecule has 0 spiro atoms. The Kier molecular flexibility index (Phi) is 11.7. The van der Waals surface area contributed by atoms with Gasteiger partial charge in [0, 0.05) is 49.5 Å². The van der Waals surface area contributed by atoms with Crippen LogP contribution < -0.4 is 10.1 Å². The molecule has 1 N–H and O–H groups in total. The Morgan fingerprint density at radius 1 is 1.14 bits per heavy atom. The van der Waals surface area contributed by atoms with E-state index in [1.165, 1.54) is 12.1 Å². The highest BCUT2D eigenvalue weighted by Gasteiger charge is 2.09. The second-order valence-corrected chi connectivity index (χ2v) is 7.70. The van der Waals surface area contributed by atoms with Crippen LogP contribution in [-0.2, 0) is 23.1 Å². The van der Waals surface area contributed by atoms with E-state index in [0.717, 1.165) is 11.1 Å². The molecule has 0 heterocycles. The third-order valence-electron chi connectivity index (χ3n) is 3.92. The molecule has 29 heavy (non-hydrogen) atoms. The molecule has 0 saturated heterocycles. The van der Waals surface area contributed by atoms with Crippen LogP contribution in [0.15, 0.2) is 59.6 Å². The lowest BCUT2D eigenvalue weighted by atomic mass is 10.2. The number of hydrogen-bond donors (Lipinski definition) is 1. The van der Waals surface area contributed by atoms with Gasteiger partial charge in [-0.3, -0.25) is 9.20 Å². The first-order valence-electron chi connectivity index (χ1n) is 8.82. The van der Waals surface area contributed by atoms with Crippen LogP contribution in [0.4, 0.5) is 8.78 Å². The largest absolute Gasteiger partial charge is 0.435 e. The maximum Gasteiger partial charge on any atom is 0.387 e. The fourth-order valence-electron chi connectivity index (χ4n) is 2.62. The molecule has 2 aromatic carbocycles. The highest BCUT2D eigenvalue weighted by Crippen LogP contribution is 2.15. The van der Waals surface area contributed by atoms with Gasteiger partial charge in [0.05, 0.1) is 0 Å². The van der Waals surface area contributed by atoms with Crippen molar-refractivity contribution >= 4 is 40.7 Å². The van der Waals surface area contributed by atoms with Gasteiger partial charge >= 0.3 is 6.61 Å². The number of halogens is 3. The van der Waals surface area contributed by atoms with E-state index < -0.39 is 17.4 Å². The lowest BCUT2D eigenvalue weighted by Gasteiger charge is -2.22. The number of nitrogens with zero attached hydrogens (tertiary/aromatic N) is 2. The van der Waals surface area contributed by atoms with Crippen LogP contribution in [0.3, 0.4) is 0 Å². The summed E-state index contributed by atoms with van der Waals surface area (Å²) in [5, 5.41) is 3.20. The molecule has 0 bridgehead atoms. The lowest BCUT2D eigenvalue weighted by molar-refractivity contribution is -0.0498. The SMILES string of the molecule is CN=C(NCCS(=O)Cc1ccccc1)N(C)Cc1ccc(OC(F)F)cc1.I. The number of ether oxygens (including phenoxy) is 1. The van der Waals surface area contributed by atoms with Crippen LogP contribution in [-0.4, -0.2) is 48.1 Å². The molecule has 0 aliphatic heterocycles. The van der Waals surface area contributed by atoms with Crippen LogP contribution in [0, 0.1) is 0 Å². The average Bonchev–Trinajstić information content (AvgIpc) is 2.67. The fraction of sp³-hybridized carbons (Fsp3) is 0.350. The van der Waals surface area contributed by atoms with Gasteiger partial charge in [-0.15, -0.1) is 24.0 Å². The van der Waals surface area contributed by atoms with Crippen LogP contribution in [0.2, 0.25) is 0 Å². The van der Waals surface area contributed by atoms with Crippen LogP contribution in [0.5, 0.6) is 5.75 Å². The van der Waals surface area contributed by atoms with Gasteiger partial charge in [-0.05, 0) is 23.3 Å². The van der Waals surface area contributed by atoms with Crippen molar-refractivity contribution < 1.29 is 17.7 Å². The van der Waals surface area contributed by atoms with Gasteiger partial charge in [-0.2, -0.15) is 8.78 Å². The molecule has 160 valence electrons. The number of nitrogens with one attached hydrogen (secondary N) is 1. The van der Waals surface area contributed by atoms with Crippen molar-refractivity contribution in [1.82, 2.24) is 10.2 Å². The smallest absolute Gasteiger partial charge is 0.387 e. The van der Waals surface area contributed by atoms with Gasteiger partial charge in [-0.25, -0.2) is 0 Å². The van der Waals surface area contributed by atoms with Gasteiger partial charge < -0.3 is 15.0 Å².